The fourth-order valence-corrected chi connectivity index (χ4v) is 3.94. The van der Waals surface area contributed by atoms with Gasteiger partial charge >= 0.3 is 6.03 Å². The second-order valence-electron chi connectivity index (χ2n) is 7.52. The van der Waals surface area contributed by atoms with Gasteiger partial charge in [0.2, 0.25) is 0 Å². The lowest BCUT2D eigenvalue weighted by atomic mass is 9.67. The highest BCUT2D eigenvalue weighted by Gasteiger charge is 2.36. The molecule has 0 spiro atoms. The van der Waals surface area contributed by atoms with E-state index >= 15 is 0 Å². The number of anilines is 1. The number of urea groups is 1. The third-order valence-electron chi connectivity index (χ3n) is 5.83. The number of ether oxygens (including phenoxy) is 1. The van der Waals surface area contributed by atoms with E-state index in [1.54, 1.807) is 7.11 Å². The van der Waals surface area contributed by atoms with Gasteiger partial charge in [-0.25, -0.2) is 4.79 Å². The van der Waals surface area contributed by atoms with Gasteiger partial charge in [0.05, 0.1) is 0 Å². The number of hydrogen-bond acceptors (Lipinski definition) is 3. The van der Waals surface area contributed by atoms with E-state index in [0.717, 1.165) is 45.5 Å². The van der Waals surface area contributed by atoms with Gasteiger partial charge in [-0.1, -0.05) is 24.6 Å². The second-order valence-corrected chi connectivity index (χ2v) is 7.52. The van der Waals surface area contributed by atoms with Crippen LogP contribution in [0.15, 0.2) is 30.3 Å². The summed E-state index contributed by atoms with van der Waals surface area (Å²) in [7, 11) is 1.74. The Hall–Kier alpha value is -1.75. The molecule has 0 aromatic heterocycles. The highest BCUT2D eigenvalue weighted by atomic mass is 16.5. The van der Waals surface area contributed by atoms with E-state index in [-0.39, 0.29) is 17.5 Å². The van der Waals surface area contributed by atoms with Crippen molar-refractivity contribution in [1.82, 2.24) is 10.6 Å². The van der Waals surface area contributed by atoms with E-state index in [1.807, 2.05) is 6.07 Å². The molecular formula is C20H31N3O2. The molecule has 0 radical (unpaired) electrons. The molecule has 0 bridgehead atoms. The zero-order valence-corrected chi connectivity index (χ0v) is 15.3. The number of benzene rings is 1. The summed E-state index contributed by atoms with van der Waals surface area (Å²) >= 11 is 0. The van der Waals surface area contributed by atoms with Crippen molar-refractivity contribution in [3.8, 4) is 0 Å². The summed E-state index contributed by atoms with van der Waals surface area (Å²) in [6, 6.07) is 10.8. The lowest BCUT2D eigenvalue weighted by molar-refractivity contribution is 0.0710. The van der Waals surface area contributed by atoms with Crippen LogP contribution >= 0.6 is 0 Å². The molecule has 1 aromatic rings. The van der Waals surface area contributed by atoms with Gasteiger partial charge in [-0.3, -0.25) is 0 Å². The Morgan fingerprint density at radius 2 is 1.96 bits per heavy atom. The number of carbonyl (C=O) groups excluding carboxylic acids is 1. The predicted octanol–water partition coefficient (Wildman–Crippen LogP) is 3.16. The summed E-state index contributed by atoms with van der Waals surface area (Å²) in [5.74, 6) is 0. The van der Waals surface area contributed by atoms with E-state index < -0.39 is 0 Å². The van der Waals surface area contributed by atoms with Crippen LogP contribution < -0.4 is 15.5 Å². The molecule has 138 valence electrons. The molecular weight excluding hydrogens is 314 g/mol. The van der Waals surface area contributed by atoms with E-state index in [9.17, 15) is 4.79 Å². The second kappa shape index (κ2) is 8.56. The van der Waals surface area contributed by atoms with Crippen LogP contribution in [-0.4, -0.2) is 45.4 Å². The molecule has 1 aliphatic heterocycles. The summed E-state index contributed by atoms with van der Waals surface area (Å²) < 4.78 is 5.22. The van der Waals surface area contributed by atoms with Crippen molar-refractivity contribution in [2.75, 3.05) is 38.3 Å². The van der Waals surface area contributed by atoms with Crippen molar-refractivity contribution in [3.63, 3.8) is 0 Å². The van der Waals surface area contributed by atoms with E-state index in [4.69, 9.17) is 4.74 Å². The van der Waals surface area contributed by atoms with Gasteiger partial charge in [0.1, 0.15) is 0 Å². The Balaban J connectivity index is 1.38. The van der Waals surface area contributed by atoms with E-state index in [1.165, 1.54) is 24.9 Å². The van der Waals surface area contributed by atoms with Crippen molar-refractivity contribution in [1.29, 1.82) is 0 Å². The van der Waals surface area contributed by atoms with Crippen molar-refractivity contribution in [2.45, 2.75) is 44.6 Å². The average Bonchev–Trinajstić information content (AvgIpc) is 2.62. The van der Waals surface area contributed by atoms with Gasteiger partial charge in [0, 0.05) is 45.1 Å². The van der Waals surface area contributed by atoms with E-state index in [0.29, 0.717) is 0 Å². The zero-order chi connectivity index (χ0) is 17.5. The number of methoxy groups -OCH3 is 1. The van der Waals surface area contributed by atoms with Gasteiger partial charge in [0.25, 0.3) is 0 Å². The molecule has 1 aliphatic carbocycles. The minimum Gasteiger partial charge on any atom is -0.385 e. The molecule has 1 saturated heterocycles. The largest absolute Gasteiger partial charge is 0.385 e. The number of rotatable bonds is 7. The summed E-state index contributed by atoms with van der Waals surface area (Å²) in [4.78, 5) is 14.6. The van der Waals surface area contributed by atoms with Crippen LogP contribution in [0.5, 0.6) is 0 Å². The minimum atomic E-state index is -0.0122. The monoisotopic (exact) mass is 345 g/mol. The first-order valence-corrected chi connectivity index (χ1v) is 9.54. The molecule has 1 heterocycles. The smallest absolute Gasteiger partial charge is 0.315 e. The van der Waals surface area contributed by atoms with Crippen LogP contribution in [0, 0.1) is 5.41 Å². The fraction of sp³-hybridized carbons (Fsp3) is 0.650. The van der Waals surface area contributed by atoms with Crippen molar-refractivity contribution in [2.24, 2.45) is 5.41 Å². The number of amides is 2. The Labute approximate surface area is 151 Å². The quantitative estimate of drug-likeness (QED) is 0.798. The first-order valence-electron chi connectivity index (χ1n) is 9.54. The molecule has 3 rings (SSSR count). The molecule has 1 saturated carbocycles. The Kier molecular flexibility index (Phi) is 6.19. The van der Waals surface area contributed by atoms with Gasteiger partial charge in [-0.05, 0) is 49.7 Å². The molecule has 2 aliphatic rings. The lowest BCUT2D eigenvalue weighted by Gasteiger charge is -2.42. The summed E-state index contributed by atoms with van der Waals surface area (Å²) in [5, 5.41) is 6.27. The van der Waals surface area contributed by atoms with Crippen molar-refractivity contribution >= 4 is 11.7 Å². The summed E-state index contributed by atoms with van der Waals surface area (Å²) in [5.41, 5.74) is 1.54. The van der Waals surface area contributed by atoms with Crippen LogP contribution in [0.1, 0.15) is 38.5 Å². The molecule has 2 N–H and O–H groups in total. The molecule has 5 nitrogen and oxygen atoms in total. The van der Waals surface area contributed by atoms with Crippen LogP contribution in [0.25, 0.3) is 0 Å². The maximum absolute atomic E-state index is 12.3. The number of piperidine rings is 1. The maximum Gasteiger partial charge on any atom is 0.315 e. The number of hydrogen-bond donors (Lipinski definition) is 2. The number of para-hydroxylation sites is 1. The third kappa shape index (κ3) is 4.88. The maximum atomic E-state index is 12.3. The first-order chi connectivity index (χ1) is 12.2. The Morgan fingerprint density at radius 3 is 2.56 bits per heavy atom. The van der Waals surface area contributed by atoms with Crippen LogP contribution in [0.2, 0.25) is 0 Å². The van der Waals surface area contributed by atoms with Crippen molar-refractivity contribution in [3.05, 3.63) is 30.3 Å². The first kappa shape index (κ1) is 18.1. The average molecular weight is 345 g/mol. The third-order valence-corrected chi connectivity index (χ3v) is 5.83. The van der Waals surface area contributed by atoms with Gasteiger partial charge in [-0.15, -0.1) is 0 Å². The fourth-order valence-electron chi connectivity index (χ4n) is 3.94. The molecule has 2 fully saturated rings. The molecule has 1 aromatic carbocycles. The van der Waals surface area contributed by atoms with Gasteiger partial charge < -0.3 is 20.3 Å². The molecule has 2 amide bonds. The Bertz CT molecular complexity index is 537. The normalized spacial score (nSPS) is 20.0. The molecule has 25 heavy (non-hydrogen) atoms. The van der Waals surface area contributed by atoms with Crippen LogP contribution in [0.4, 0.5) is 10.5 Å². The SMILES string of the molecule is COCCC1(CNC(=O)NC2CCN(c3ccccc3)CC2)CCC1. The van der Waals surface area contributed by atoms with Crippen LogP contribution in [0.3, 0.4) is 0 Å². The predicted molar refractivity (Wildman–Crippen MR) is 101 cm³/mol. The summed E-state index contributed by atoms with van der Waals surface area (Å²) in [6.45, 7) is 3.53. The zero-order valence-electron chi connectivity index (χ0n) is 15.3. The summed E-state index contributed by atoms with van der Waals surface area (Å²) in [6.07, 6.45) is 6.71. The highest BCUT2D eigenvalue weighted by molar-refractivity contribution is 5.74. The minimum absolute atomic E-state index is 0.0122. The Morgan fingerprint density at radius 1 is 1.24 bits per heavy atom. The number of carbonyl (C=O) groups is 1. The molecule has 0 unspecified atom stereocenters. The number of nitrogens with one attached hydrogen (secondary N) is 2. The van der Waals surface area contributed by atoms with Crippen LogP contribution in [-0.2, 0) is 4.74 Å². The highest BCUT2D eigenvalue weighted by Crippen LogP contribution is 2.43. The topological polar surface area (TPSA) is 53.6 Å². The lowest BCUT2D eigenvalue weighted by Crippen LogP contribution is -2.51. The van der Waals surface area contributed by atoms with Crippen molar-refractivity contribution < 1.29 is 9.53 Å². The molecule has 5 heteroatoms. The molecule has 0 atom stereocenters. The van der Waals surface area contributed by atoms with E-state index in [2.05, 4.69) is 39.8 Å². The van der Waals surface area contributed by atoms with Gasteiger partial charge in [0.15, 0.2) is 0 Å². The number of nitrogens with zero attached hydrogens (tertiary/aromatic N) is 1. The van der Waals surface area contributed by atoms with Gasteiger partial charge in [-0.2, -0.15) is 0 Å². The standard InChI is InChI=1S/C20H31N3O2/c1-25-15-12-20(10-5-11-20)16-21-19(24)22-17-8-13-23(14-9-17)18-6-3-2-4-7-18/h2-4,6-7,17H,5,8-16H2,1H3,(H2,21,22,24).